The number of ether oxygens (including phenoxy) is 1. The number of alkyl carbamates (subject to hydrolysis) is 1. The minimum Gasteiger partial charge on any atom is -0.445 e. The number of aliphatic hydroxyl groups is 2. The Kier molecular flexibility index (Phi) is 7.35. The molecule has 2 atom stereocenters. The van der Waals surface area contributed by atoms with Crippen LogP contribution < -0.4 is 5.32 Å². The van der Waals surface area contributed by atoms with Crippen LogP contribution in [-0.4, -0.2) is 43.6 Å². The van der Waals surface area contributed by atoms with Gasteiger partial charge < -0.3 is 20.3 Å². The summed E-state index contributed by atoms with van der Waals surface area (Å²) in [5.74, 6) is 0. The van der Waals surface area contributed by atoms with Crippen molar-refractivity contribution in [1.29, 1.82) is 0 Å². The molecule has 2 unspecified atom stereocenters. The van der Waals surface area contributed by atoms with E-state index in [2.05, 4.69) is 5.32 Å². The van der Waals surface area contributed by atoms with Crippen molar-refractivity contribution in [1.82, 2.24) is 5.32 Å². The number of amides is 1. The Morgan fingerprint density at radius 1 is 1.11 bits per heavy atom. The maximum atomic E-state index is 11.6. The number of sulfone groups is 1. The molecule has 0 aliphatic heterocycles. The van der Waals surface area contributed by atoms with Crippen molar-refractivity contribution in [3.8, 4) is 0 Å². The zero-order valence-corrected chi connectivity index (χ0v) is 15.7. The first-order valence-corrected chi connectivity index (χ1v) is 10.3. The largest absolute Gasteiger partial charge is 0.445 e. The lowest BCUT2D eigenvalue weighted by atomic mass is 10.0. The lowest BCUT2D eigenvalue weighted by molar-refractivity contribution is 0.0135. The van der Waals surface area contributed by atoms with E-state index < -0.39 is 28.1 Å². The molecule has 0 saturated carbocycles. The van der Waals surface area contributed by atoms with Gasteiger partial charge in [-0.2, -0.15) is 0 Å². The van der Waals surface area contributed by atoms with E-state index in [0.717, 1.165) is 11.8 Å². The molecule has 2 aromatic rings. The quantitative estimate of drug-likeness (QED) is 0.630. The van der Waals surface area contributed by atoms with Crippen molar-refractivity contribution in [2.75, 3.05) is 12.8 Å². The second kappa shape index (κ2) is 9.50. The van der Waals surface area contributed by atoms with Gasteiger partial charge in [0.1, 0.15) is 12.7 Å². The van der Waals surface area contributed by atoms with Crippen LogP contribution in [0.3, 0.4) is 0 Å². The van der Waals surface area contributed by atoms with Crippen molar-refractivity contribution in [2.24, 2.45) is 0 Å². The monoisotopic (exact) mass is 393 g/mol. The molecule has 0 aliphatic rings. The minimum absolute atomic E-state index is 0.0638. The van der Waals surface area contributed by atoms with E-state index in [1.807, 2.05) is 30.3 Å². The first-order chi connectivity index (χ1) is 12.8. The molecule has 0 heterocycles. The SMILES string of the molecule is CS(=O)(=O)c1cccc(C(O)C(O)CCNC(=O)OCc2ccccc2)c1. The molecule has 27 heavy (non-hydrogen) atoms. The maximum absolute atomic E-state index is 11.6. The Hall–Kier alpha value is -2.42. The number of nitrogens with one attached hydrogen (secondary N) is 1. The fraction of sp³-hybridized carbons (Fsp3) is 0.316. The van der Waals surface area contributed by atoms with Crippen LogP contribution in [-0.2, 0) is 21.2 Å². The molecule has 0 spiro atoms. The van der Waals surface area contributed by atoms with Gasteiger partial charge in [0.15, 0.2) is 9.84 Å². The van der Waals surface area contributed by atoms with E-state index in [1.165, 1.54) is 24.3 Å². The molecular weight excluding hydrogens is 370 g/mol. The Morgan fingerprint density at radius 3 is 2.48 bits per heavy atom. The van der Waals surface area contributed by atoms with Crippen molar-refractivity contribution in [3.63, 3.8) is 0 Å². The van der Waals surface area contributed by atoms with Gasteiger partial charge in [-0.3, -0.25) is 0 Å². The highest BCUT2D eigenvalue weighted by Gasteiger charge is 2.20. The van der Waals surface area contributed by atoms with Gasteiger partial charge >= 0.3 is 6.09 Å². The van der Waals surface area contributed by atoms with Gasteiger partial charge in [-0.1, -0.05) is 42.5 Å². The summed E-state index contributed by atoms with van der Waals surface area (Å²) >= 11 is 0. The smallest absolute Gasteiger partial charge is 0.407 e. The highest BCUT2D eigenvalue weighted by molar-refractivity contribution is 7.90. The van der Waals surface area contributed by atoms with Gasteiger partial charge in [-0.25, -0.2) is 13.2 Å². The average Bonchev–Trinajstić information content (AvgIpc) is 2.66. The topological polar surface area (TPSA) is 113 Å². The Labute approximate surface area is 158 Å². The van der Waals surface area contributed by atoms with Crippen molar-refractivity contribution >= 4 is 15.9 Å². The lowest BCUT2D eigenvalue weighted by Gasteiger charge is -2.19. The Balaban J connectivity index is 1.79. The molecular formula is C19H23NO6S. The summed E-state index contributed by atoms with van der Waals surface area (Å²) in [5.41, 5.74) is 1.14. The zero-order chi connectivity index (χ0) is 19.9. The first kappa shape index (κ1) is 20.9. The summed E-state index contributed by atoms with van der Waals surface area (Å²) in [6.07, 6.45) is -1.92. The van der Waals surface area contributed by atoms with Crippen LogP contribution in [0.2, 0.25) is 0 Å². The second-order valence-electron chi connectivity index (χ2n) is 6.13. The van der Waals surface area contributed by atoms with Crippen LogP contribution in [0.1, 0.15) is 23.7 Å². The van der Waals surface area contributed by atoms with Gasteiger partial charge in [0.05, 0.1) is 11.0 Å². The predicted octanol–water partition coefficient (Wildman–Crippen LogP) is 1.80. The number of hydrogen-bond acceptors (Lipinski definition) is 6. The molecule has 146 valence electrons. The molecule has 2 aromatic carbocycles. The van der Waals surface area contributed by atoms with Crippen molar-refractivity contribution in [2.45, 2.75) is 30.1 Å². The Bertz CT molecular complexity index is 854. The summed E-state index contributed by atoms with van der Waals surface area (Å²) < 4.78 is 28.2. The second-order valence-corrected chi connectivity index (χ2v) is 8.15. The molecule has 0 saturated heterocycles. The predicted molar refractivity (Wildman–Crippen MR) is 99.8 cm³/mol. The average molecular weight is 393 g/mol. The van der Waals surface area contributed by atoms with E-state index in [4.69, 9.17) is 4.74 Å². The Morgan fingerprint density at radius 2 is 1.81 bits per heavy atom. The molecule has 7 nitrogen and oxygen atoms in total. The third-order valence-electron chi connectivity index (χ3n) is 3.91. The zero-order valence-electron chi connectivity index (χ0n) is 14.9. The van der Waals surface area contributed by atoms with E-state index in [1.54, 1.807) is 0 Å². The number of carbonyl (C=O) groups excluding carboxylic acids is 1. The maximum Gasteiger partial charge on any atom is 0.407 e. The van der Waals surface area contributed by atoms with Gasteiger partial charge in [0.2, 0.25) is 0 Å². The van der Waals surface area contributed by atoms with E-state index >= 15 is 0 Å². The summed E-state index contributed by atoms with van der Waals surface area (Å²) in [4.78, 5) is 11.7. The van der Waals surface area contributed by atoms with Gasteiger partial charge in [0, 0.05) is 12.8 Å². The molecule has 3 N–H and O–H groups in total. The molecule has 0 aliphatic carbocycles. The third kappa shape index (κ3) is 6.67. The summed E-state index contributed by atoms with van der Waals surface area (Å²) in [6, 6.07) is 15.0. The minimum atomic E-state index is -3.41. The van der Waals surface area contributed by atoms with E-state index in [9.17, 15) is 23.4 Å². The van der Waals surface area contributed by atoms with Crippen LogP contribution in [0.5, 0.6) is 0 Å². The molecule has 0 bridgehead atoms. The summed E-state index contributed by atoms with van der Waals surface area (Å²) in [5, 5.41) is 22.8. The van der Waals surface area contributed by atoms with Crippen LogP contribution in [0.15, 0.2) is 59.5 Å². The number of rotatable bonds is 8. The fourth-order valence-corrected chi connectivity index (χ4v) is 3.08. The molecule has 0 aromatic heterocycles. The van der Waals surface area contributed by atoms with Gasteiger partial charge in [-0.05, 0) is 29.7 Å². The first-order valence-electron chi connectivity index (χ1n) is 8.38. The highest BCUT2D eigenvalue weighted by atomic mass is 32.2. The third-order valence-corrected chi connectivity index (χ3v) is 5.02. The van der Waals surface area contributed by atoms with E-state index in [0.29, 0.717) is 0 Å². The van der Waals surface area contributed by atoms with Gasteiger partial charge in [-0.15, -0.1) is 0 Å². The van der Waals surface area contributed by atoms with Crippen LogP contribution in [0.4, 0.5) is 4.79 Å². The number of aliphatic hydroxyl groups excluding tert-OH is 2. The standard InChI is InChI=1S/C19H23NO6S/c1-27(24,25)16-9-5-8-15(12-16)18(22)17(21)10-11-20-19(23)26-13-14-6-3-2-4-7-14/h2-9,12,17-18,21-22H,10-11,13H2,1H3,(H,20,23). The van der Waals surface area contributed by atoms with E-state index in [-0.39, 0.29) is 30.0 Å². The molecule has 8 heteroatoms. The lowest BCUT2D eigenvalue weighted by Crippen LogP contribution is -2.29. The van der Waals surface area contributed by atoms with Crippen molar-refractivity contribution < 1.29 is 28.2 Å². The van der Waals surface area contributed by atoms with Gasteiger partial charge in [0.25, 0.3) is 0 Å². The molecule has 0 radical (unpaired) electrons. The van der Waals surface area contributed by atoms with Crippen LogP contribution >= 0.6 is 0 Å². The van der Waals surface area contributed by atoms with Crippen molar-refractivity contribution in [3.05, 3.63) is 65.7 Å². The number of benzene rings is 2. The molecule has 2 rings (SSSR count). The normalized spacial score (nSPS) is 13.6. The summed E-state index contributed by atoms with van der Waals surface area (Å²) in [7, 11) is -3.41. The van der Waals surface area contributed by atoms with Crippen LogP contribution in [0, 0.1) is 0 Å². The summed E-state index contributed by atoms with van der Waals surface area (Å²) in [6.45, 7) is 0.230. The van der Waals surface area contributed by atoms with Crippen LogP contribution in [0.25, 0.3) is 0 Å². The number of hydrogen-bond donors (Lipinski definition) is 3. The molecule has 1 amide bonds. The number of carbonyl (C=O) groups is 1. The molecule has 0 fully saturated rings. The fourth-order valence-electron chi connectivity index (χ4n) is 2.41. The highest BCUT2D eigenvalue weighted by Crippen LogP contribution is 2.21.